The average Bonchev–Trinajstić information content (AvgIpc) is 2.43. The predicted molar refractivity (Wildman–Crippen MR) is 88.3 cm³/mol. The van der Waals surface area contributed by atoms with Gasteiger partial charge in [0.25, 0.3) is 0 Å². The summed E-state index contributed by atoms with van der Waals surface area (Å²) in [7, 11) is 0. The van der Waals surface area contributed by atoms with E-state index in [0.29, 0.717) is 5.69 Å². The number of para-hydroxylation sites is 1. The smallest absolute Gasteiger partial charge is 0.146 e. The minimum absolute atomic E-state index is 0.0485. The molecule has 0 aliphatic rings. The molecule has 0 amide bonds. The first-order valence-electron chi connectivity index (χ1n) is 7.47. The molecule has 0 spiro atoms. The van der Waals surface area contributed by atoms with E-state index in [9.17, 15) is 4.39 Å². The van der Waals surface area contributed by atoms with Gasteiger partial charge in [-0.1, -0.05) is 56.3 Å². The van der Waals surface area contributed by atoms with Crippen molar-refractivity contribution >= 4 is 5.69 Å². The fraction of sp³-hybridized carbons (Fsp3) is 0.368. The Hall–Kier alpha value is -1.83. The van der Waals surface area contributed by atoms with Gasteiger partial charge in [0.15, 0.2) is 0 Å². The largest absolute Gasteiger partial charge is 0.380 e. The van der Waals surface area contributed by atoms with E-state index in [1.54, 1.807) is 6.07 Å². The predicted octanol–water partition coefficient (Wildman–Crippen LogP) is 5.30. The molecule has 1 unspecified atom stereocenters. The molecule has 0 fully saturated rings. The topological polar surface area (TPSA) is 12.0 Å². The Bertz CT molecular complexity index is 570. The maximum absolute atomic E-state index is 13.9. The first-order valence-corrected chi connectivity index (χ1v) is 7.47. The van der Waals surface area contributed by atoms with Crippen LogP contribution in [0.25, 0.3) is 0 Å². The summed E-state index contributed by atoms with van der Waals surface area (Å²) in [4.78, 5) is 0. The lowest BCUT2D eigenvalue weighted by Crippen LogP contribution is -2.28. The van der Waals surface area contributed by atoms with E-state index in [0.717, 1.165) is 12.0 Å². The number of hydrogen-bond acceptors (Lipinski definition) is 1. The Balaban J connectivity index is 2.10. The van der Waals surface area contributed by atoms with E-state index in [1.165, 1.54) is 11.6 Å². The van der Waals surface area contributed by atoms with Gasteiger partial charge in [0.1, 0.15) is 5.82 Å². The monoisotopic (exact) mass is 285 g/mol. The quantitative estimate of drug-likeness (QED) is 0.785. The van der Waals surface area contributed by atoms with Crippen LogP contribution in [0, 0.1) is 12.7 Å². The van der Waals surface area contributed by atoms with Crippen molar-refractivity contribution in [2.24, 2.45) is 0 Å². The molecule has 21 heavy (non-hydrogen) atoms. The van der Waals surface area contributed by atoms with E-state index < -0.39 is 0 Å². The number of benzene rings is 2. The van der Waals surface area contributed by atoms with Gasteiger partial charge < -0.3 is 5.32 Å². The van der Waals surface area contributed by atoms with E-state index >= 15 is 0 Å². The second-order valence-corrected chi connectivity index (χ2v) is 6.43. The molecule has 112 valence electrons. The first kappa shape index (κ1) is 15.6. The van der Waals surface area contributed by atoms with Gasteiger partial charge in [-0.25, -0.2) is 4.39 Å². The van der Waals surface area contributed by atoms with Crippen LogP contribution in [0.3, 0.4) is 0 Å². The summed E-state index contributed by atoms with van der Waals surface area (Å²) < 4.78 is 13.9. The number of anilines is 1. The lowest BCUT2D eigenvalue weighted by atomic mass is 9.79. The molecule has 0 bridgehead atoms. The number of hydrogen-bond donors (Lipinski definition) is 1. The van der Waals surface area contributed by atoms with Gasteiger partial charge in [-0.2, -0.15) is 0 Å². The average molecular weight is 285 g/mol. The molecule has 1 nitrogen and oxygen atoms in total. The standard InChI is InChI=1S/C19H24FN/c1-14-9-8-12-17(20)18(14)21-15(2)13-19(3,4)16-10-6-5-7-11-16/h5-12,15,21H,13H2,1-4H3. The van der Waals surface area contributed by atoms with Crippen LogP contribution in [0.2, 0.25) is 0 Å². The number of nitrogens with one attached hydrogen (secondary N) is 1. The third kappa shape index (κ3) is 3.84. The maximum atomic E-state index is 13.9. The first-order chi connectivity index (χ1) is 9.90. The van der Waals surface area contributed by atoms with Gasteiger partial charge in [-0.15, -0.1) is 0 Å². The minimum Gasteiger partial charge on any atom is -0.380 e. The van der Waals surface area contributed by atoms with Crippen molar-refractivity contribution in [3.63, 3.8) is 0 Å². The van der Waals surface area contributed by atoms with Crippen LogP contribution in [0.4, 0.5) is 10.1 Å². The highest BCUT2D eigenvalue weighted by Gasteiger charge is 2.23. The Morgan fingerprint density at radius 1 is 1.05 bits per heavy atom. The van der Waals surface area contributed by atoms with Gasteiger partial charge in [-0.05, 0) is 42.9 Å². The molecule has 0 aliphatic heterocycles. The zero-order valence-electron chi connectivity index (χ0n) is 13.3. The third-order valence-electron chi connectivity index (χ3n) is 3.98. The van der Waals surface area contributed by atoms with Crippen LogP contribution in [-0.4, -0.2) is 6.04 Å². The molecule has 2 aromatic carbocycles. The normalized spacial score (nSPS) is 13.0. The summed E-state index contributed by atoms with van der Waals surface area (Å²) in [5.41, 5.74) is 2.92. The summed E-state index contributed by atoms with van der Waals surface area (Å²) in [6.45, 7) is 8.50. The second-order valence-electron chi connectivity index (χ2n) is 6.43. The van der Waals surface area contributed by atoms with Crippen LogP contribution < -0.4 is 5.32 Å². The molecule has 2 rings (SSSR count). The van der Waals surface area contributed by atoms with Gasteiger partial charge in [0.05, 0.1) is 5.69 Å². The number of halogens is 1. The second kappa shape index (κ2) is 6.30. The van der Waals surface area contributed by atoms with Crippen molar-refractivity contribution < 1.29 is 4.39 Å². The highest BCUT2D eigenvalue weighted by molar-refractivity contribution is 5.52. The van der Waals surface area contributed by atoms with E-state index in [4.69, 9.17) is 0 Å². The molecule has 0 saturated carbocycles. The lowest BCUT2D eigenvalue weighted by molar-refractivity contribution is 0.449. The van der Waals surface area contributed by atoms with Crippen molar-refractivity contribution in [3.8, 4) is 0 Å². The van der Waals surface area contributed by atoms with Crippen molar-refractivity contribution in [3.05, 3.63) is 65.5 Å². The van der Waals surface area contributed by atoms with Crippen molar-refractivity contribution in [2.75, 3.05) is 5.32 Å². The van der Waals surface area contributed by atoms with Crippen LogP contribution in [0.15, 0.2) is 48.5 Å². The van der Waals surface area contributed by atoms with E-state index in [2.05, 4.69) is 50.4 Å². The molecule has 1 N–H and O–H groups in total. The SMILES string of the molecule is Cc1cccc(F)c1NC(C)CC(C)(C)c1ccccc1. The lowest BCUT2D eigenvalue weighted by Gasteiger charge is -2.30. The molecule has 2 heteroatoms. The van der Waals surface area contributed by atoms with Gasteiger partial charge in [0.2, 0.25) is 0 Å². The Morgan fingerprint density at radius 3 is 2.33 bits per heavy atom. The molecule has 0 heterocycles. The maximum Gasteiger partial charge on any atom is 0.146 e. The van der Waals surface area contributed by atoms with Crippen LogP contribution in [0.5, 0.6) is 0 Å². The zero-order chi connectivity index (χ0) is 15.5. The molecule has 0 radical (unpaired) electrons. The van der Waals surface area contributed by atoms with Crippen molar-refractivity contribution in [1.29, 1.82) is 0 Å². The molecule has 1 atom stereocenters. The van der Waals surface area contributed by atoms with E-state index in [-0.39, 0.29) is 17.3 Å². The fourth-order valence-corrected chi connectivity index (χ4v) is 2.88. The molecule has 0 aliphatic carbocycles. The Labute approximate surface area is 127 Å². The molecule has 0 saturated heterocycles. The molecular formula is C19H24FN. The summed E-state index contributed by atoms with van der Waals surface area (Å²) in [6.07, 6.45) is 0.935. The summed E-state index contributed by atoms with van der Waals surface area (Å²) in [5.74, 6) is -0.181. The summed E-state index contributed by atoms with van der Waals surface area (Å²) in [5, 5.41) is 3.33. The van der Waals surface area contributed by atoms with Crippen LogP contribution in [0.1, 0.15) is 38.3 Å². The fourth-order valence-electron chi connectivity index (χ4n) is 2.88. The third-order valence-corrected chi connectivity index (χ3v) is 3.98. The van der Waals surface area contributed by atoms with Crippen molar-refractivity contribution in [1.82, 2.24) is 0 Å². The number of aryl methyl sites for hydroxylation is 1. The molecule has 2 aromatic rings. The van der Waals surface area contributed by atoms with Crippen molar-refractivity contribution in [2.45, 2.75) is 45.6 Å². The van der Waals surface area contributed by atoms with Crippen LogP contribution in [-0.2, 0) is 5.41 Å². The Morgan fingerprint density at radius 2 is 1.71 bits per heavy atom. The summed E-state index contributed by atoms with van der Waals surface area (Å²) in [6, 6.07) is 15.8. The zero-order valence-corrected chi connectivity index (χ0v) is 13.3. The van der Waals surface area contributed by atoms with E-state index in [1.807, 2.05) is 19.1 Å². The number of rotatable bonds is 5. The van der Waals surface area contributed by atoms with Crippen LogP contribution >= 0.6 is 0 Å². The van der Waals surface area contributed by atoms with Gasteiger partial charge >= 0.3 is 0 Å². The van der Waals surface area contributed by atoms with Gasteiger partial charge in [-0.3, -0.25) is 0 Å². The summed E-state index contributed by atoms with van der Waals surface area (Å²) >= 11 is 0. The highest BCUT2D eigenvalue weighted by atomic mass is 19.1. The Kier molecular flexibility index (Phi) is 4.66. The molecule has 0 aromatic heterocycles. The highest BCUT2D eigenvalue weighted by Crippen LogP contribution is 2.30. The minimum atomic E-state index is -0.181. The molecular weight excluding hydrogens is 261 g/mol. The van der Waals surface area contributed by atoms with Gasteiger partial charge in [0, 0.05) is 6.04 Å².